The van der Waals surface area contributed by atoms with Crippen molar-refractivity contribution >= 4 is 53.3 Å². The molecule has 0 radical (unpaired) electrons. The summed E-state index contributed by atoms with van der Waals surface area (Å²) in [5, 5.41) is 0. The maximum atomic E-state index is 13.2. The largest absolute Gasteiger partial charge is 0.398 e. The maximum Gasteiger partial charge on any atom is 0.262 e. The Morgan fingerprint density at radius 1 is 1.05 bits per heavy atom. The van der Waals surface area contributed by atoms with Crippen LogP contribution in [0.1, 0.15) is 0 Å². The number of nitrogen functional groups attached to an aromatic ring is 1. The second-order valence-corrected chi connectivity index (χ2v) is 7.30. The second-order valence-electron chi connectivity index (χ2n) is 3.91. The number of hydrogen-bond donors (Lipinski definition) is 2. The number of rotatable bonds is 3. The fourth-order valence-electron chi connectivity index (χ4n) is 1.47. The molecule has 20 heavy (non-hydrogen) atoms. The van der Waals surface area contributed by atoms with Crippen molar-refractivity contribution in [1.82, 2.24) is 0 Å². The van der Waals surface area contributed by atoms with Crippen molar-refractivity contribution in [2.24, 2.45) is 0 Å². The number of benzene rings is 2. The first kappa shape index (κ1) is 15.3. The van der Waals surface area contributed by atoms with Crippen molar-refractivity contribution in [1.29, 1.82) is 0 Å². The van der Waals surface area contributed by atoms with E-state index in [1.165, 1.54) is 30.3 Å². The smallest absolute Gasteiger partial charge is 0.262 e. The third-order valence-electron chi connectivity index (χ3n) is 2.45. The lowest BCUT2D eigenvalue weighted by Gasteiger charge is -2.10. The van der Waals surface area contributed by atoms with Gasteiger partial charge >= 0.3 is 0 Å². The van der Waals surface area contributed by atoms with Gasteiger partial charge in [0.25, 0.3) is 10.0 Å². The van der Waals surface area contributed by atoms with E-state index in [-0.39, 0.29) is 10.6 Å². The molecule has 0 bridgehead atoms. The highest BCUT2D eigenvalue weighted by atomic mass is 79.9. The number of halogens is 3. The van der Waals surface area contributed by atoms with Crippen molar-refractivity contribution in [3.63, 3.8) is 0 Å². The van der Waals surface area contributed by atoms with Gasteiger partial charge in [0.2, 0.25) is 0 Å². The summed E-state index contributed by atoms with van der Waals surface area (Å²) in [5.74, 6) is -0.541. The third kappa shape index (κ3) is 3.31. The molecule has 2 aromatic carbocycles. The predicted molar refractivity (Wildman–Crippen MR) is 83.5 cm³/mol. The van der Waals surface area contributed by atoms with Crippen molar-refractivity contribution in [2.75, 3.05) is 10.5 Å². The van der Waals surface area contributed by atoms with Gasteiger partial charge < -0.3 is 5.73 Å². The molecule has 0 saturated carbocycles. The minimum absolute atomic E-state index is 0.00522. The maximum absolute atomic E-state index is 13.2. The van der Waals surface area contributed by atoms with Crippen molar-refractivity contribution in [2.45, 2.75) is 4.90 Å². The third-order valence-corrected chi connectivity index (χ3v) is 5.23. The summed E-state index contributed by atoms with van der Waals surface area (Å²) >= 11 is 6.34. The molecule has 106 valence electrons. The van der Waals surface area contributed by atoms with Crippen molar-refractivity contribution in [3.8, 4) is 0 Å². The van der Waals surface area contributed by atoms with E-state index in [0.29, 0.717) is 14.6 Å². The molecule has 0 spiro atoms. The van der Waals surface area contributed by atoms with E-state index in [0.717, 1.165) is 6.07 Å². The Labute approximate surface area is 132 Å². The van der Waals surface area contributed by atoms with Crippen LogP contribution in [0.5, 0.6) is 0 Å². The minimum atomic E-state index is -3.84. The molecule has 3 N–H and O–H groups in total. The number of hydrogen-bond acceptors (Lipinski definition) is 3. The number of sulfonamides is 1. The van der Waals surface area contributed by atoms with Gasteiger partial charge in [-0.15, -0.1) is 0 Å². The highest BCUT2D eigenvalue weighted by Gasteiger charge is 2.17. The molecule has 0 heterocycles. The molecule has 0 amide bonds. The van der Waals surface area contributed by atoms with Crippen LogP contribution in [-0.4, -0.2) is 8.42 Å². The zero-order chi connectivity index (χ0) is 14.9. The Bertz CT molecular complexity index is 766. The Morgan fingerprint density at radius 2 is 1.70 bits per heavy atom. The van der Waals surface area contributed by atoms with Crippen LogP contribution < -0.4 is 10.5 Å². The van der Waals surface area contributed by atoms with Gasteiger partial charge in [0.15, 0.2) is 0 Å². The molecule has 4 nitrogen and oxygen atoms in total. The van der Waals surface area contributed by atoms with Crippen LogP contribution in [0.4, 0.5) is 15.8 Å². The zero-order valence-electron chi connectivity index (χ0n) is 9.90. The fraction of sp³-hybridized carbons (Fsp3) is 0. The number of nitrogens with two attached hydrogens (primary N) is 1. The Balaban J connectivity index is 2.40. The van der Waals surface area contributed by atoms with Crippen LogP contribution in [0.3, 0.4) is 0 Å². The van der Waals surface area contributed by atoms with E-state index < -0.39 is 15.8 Å². The molecule has 0 aliphatic heterocycles. The predicted octanol–water partition coefficient (Wildman–Crippen LogP) is 3.73. The van der Waals surface area contributed by atoms with E-state index >= 15 is 0 Å². The summed E-state index contributed by atoms with van der Waals surface area (Å²) in [5.41, 5.74) is 6.07. The van der Waals surface area contributed by atoms with E-state index in [1.807, 2.05) is 0 Å². The quantitative estimate of drug-likeness (QED) is 0.738. The summed E-state index contributed by atoms with van der Waals surface area (Å²) in [6, 6.07) is 7.98. The standard InChI is InChI=1S/C12H9Br2FN2O2S/c13-9-4-2-8(6-11(9)16)20(18,19)17-12-5-7(15)1-3-10(12)14/h1-6,17H,16H2. The monoisotopic (exact) mass is 422 g/mol. The topological polar surface area (TPSA) is 72.2 Å². The van der Waals surface area contributed by atoms with Gasteiger partial charge in [-0.05, 0) is 68.3 Å². The van der Waals surface area contributed by atoms with Gasteiger partial charge in [-0.2, -0.15) is 0 Å². The minimum Gasteiger partial charge on any atom is -0.398 e. The van der Waals surface area contributed by atoms with E-state index in [9.17, 15) is 12.8 Å². The first-order chi connectivity index (χ1) is 9.29. The lowest BCUT2D eigenvalue weighted by atomic mass is 10.3. The molecule has 0 atom stereocenters. The van der Waals surface area contributed by atoms with Gasteiger partial charge in [-0.25, -0.2) is 12.8 Å². The molecule has 2 rings (SSSR count). The van der Waals surface area contributed by atoms with Crippen LogP contribution in [0, 0.1) is 5.82 Å². The molecule has 0 aliphatic rings. The molecule has 0 fully saturated rings. The van der Waals surface area contributed by atoms with Gasteiger partial charge in [0.1, 0.15) is 5.82 Å². The van der Waals surface area contributed by atoms with Gasteiger partial charge in [0, 0.05) is 14.6 Å². The number of anilines is 2. The van der Waals surface area contributed by atoms with Crippen molar-refractivity contribution in [3.05, 3.63) is 51.2 Å². The van der Waals surface area contributed by atoms with Gasteiger partial charge in [-0.1, -0.05) is 0 Å². The van der Waals surface area contributed by atoms with Crippen LogP contribution in [0.25, 0.3) is 0 Å². The Morgan fingerprint density at radius 3 is 2.35 bits per heavy atom. The summed E-state index contributed by atoms with van der Waals surface area (Å²) < 4.78 is 40.9. The van der Waals surface area contributed by atoms with Gasteiger partial charge in [0.05, 0.1) is 10.6 Å². The average Bonchev–Trinajstić information content (AvgIpc) is 2.36. The first-order valence-electron chi connectivity index (χ1n) is 5.32. The average molecular weight is 424 g/mol. The summed E-state index contributed by atoms with van der Waals surface area (Å²) in [4.78, 5) is -0.00522. The fourth-order valence-corrected chi connectivity index (χ4v) is 3.30. The van der Waals surface area contributed by atoms with Crippen LogP contribution >= 0.6 is 31.9 Å². The van der Waals surface area contributed by atoms with Crippen LogP contribution in [0.15, 0.2) is 50.2 Å². The highest BCUT2D eigenvalue weighted by molar-refractivity contribution is 9.11. The molecular weight excluding hydrogens is 415 g/mol. The summed E-state index contributed by atoms with van der Waals surface area (Å²) in [6.07, 6.45) is 0. The molecular formula is C12H9Br2FN2O2S. The molecule has 2 aromatic rings. The Hall–Kier alpha value is -1.12. The lowest BCUT2D eigenvalue weighted by molar-refractivity contribution is 0.601. The first-order valence-corrected chi connectivity index (χ1v) is 8.39. The highest BCUT2D eigenvalue weighted by Crippen LogP contribution is 2.28. The second kappa shape index (κ2) is 5.71. The summed E-state index contributed by atoms with van der Waals surface area (Å²) in [6.45, 7) is 0. The Kier molecular flexibility index (Phi) is 4.36. The molecule has 0 saturated heterocycles. The molecule has 0 aromatic heterocycles. The van der Waals surface area contributed by atoms with Crippen LogP contribution in [-0.2, 0) is 10.0 Å². The van der Waals surface area contributed by atoms with Gasteiger partial charge in [-0.3, -0.25) is 4.72 Å². The SMILES string of the molecule is Nc1cc(S(=O)(=O)Nc2cc(F)ccc2Br)ccc1Br. The zero-order valence-corrected chi connectivity index (χ0v) is 13.9. The van der Waals surface area contributed by atoms with E-state index in [1.54, 1.807) is 0 Å². The van der Waals surface area contributed by atoms with E-state index in [4.69, 9.17) is 5.73 Å². The van der Waals surface area contributed by atoms with Crippen molar-refractivity contribution < 1.29 is 12.8 Å². The number of nitrogens with one attached hydrogen (secondary N) is 1. The van der Waals surface area contributed by atoms with Crippen LogP contribution in [0.2, 0.25) is 0 Å². The molecule has 8 heteroatoms. The lowest BCUT2D eigenvalue weighted by Crippen LogP contribution is -2.13. The molecule has 0 aliphatic carbocycles. The molecule has 0 unspecified atom stereocenters. The normalized spacial score (nSPS) is 11.3. The van der Waals surface area contributed by atoms with E-state index in [2.05, 4.69) is 36.6 Å². The summed E-state index contributed by atoms with van der Waals surface area (Å²) in [7, 11) is -3.84.